The molecule has 0 bridgehead atoms. The summed E-state index contributed by atoms with van der Waals surface area (Å²) in [5.74, 6) is -1.03. The number of aromatic nitrogens is 3. The van der Waals surface area contributed by atoms with Gasteiger partial charge in [-0.25, -0.2) is 14.8 Å². The molecule has 0 fully saturated rings. The normalized spacial score (nSPS) is 11.6. The SMILES string of the molecule is O=C(O)c1nc(Cn2c(CCCC(F)(F)F)nc(-c3ccc(Cl)cc3)cc2=O)cs1. The van der Waals surface area contributed by atoms with Crippen molar-refractivity contribution in [3.63, 3.8) is 0 Å². The van der Waals surface area contributed by atoms with Crippen LogP contribution in [0.15, 0.2) is 40.5 Å². The Morgan fingerprint density at radius 3 is 2.50 bits per heavy atom. The zero-order valence-corrected chi connectivity index (χ0v) is 16.9. The standard InChI is InChI=1S/C19H15ClF3N3O3S/c20-12-5-3-11(4-6-12)14-8-16(27)26(9-13-10-30-17(24-13)18(28)29)15(25-14)2-1-7-19(21,22)23/h3-6,8,10H,1-2,7,9H2,(H,28,29). The molecule has 6 nitrogen and oxygen atoms in total. The van der Waals surface area contributed by atoms with Crippen molar-refractivity contribution in [2.24, 2.45) is 0 Å². The molecule has 0 unspecified atom stereocenters. The summed E-state index contributed by atoms with van der Waals surface area (Å²) in [7, 11) is 0. The first-order valence-electron chi connectivity index (χ1n) is 8.73. The zero-order chi connectivity index (χ0) is 21.9. The van der Waals surface area contributed by atoms with Gasteiger partial charge in [0.1, 0.15) is 5.82 Å². The van der Waals surface area contributed by atoms with Gasteiger partial charge in [-0.05, 0) is 18.6 Å². The molecule has 30 heavy (non-hydrogen) atoms. The lowest BCUT2D eigenvalue weighted by Crippen LogP contribution is -2.26. The molecule has 0 amide bonds. The number of aryl methyl sites for hydroxylation is 1. The molecule has 2 aromatic heterocycles. The number of carboxylic acid groups (broad SMARTS) is 1. The maximum absolute atomic E-state index is 12.7. The fourth-order valence-corrected chi connectivity index (χ4v) is 3.54. The number of hydrogen-bond acceptors (Lipinski definition) is 5. The number of alkyl halides is 3. The lowest BCUT2D eigenvalue weighted by molar-refractivity contribution is -0.135. The van der Waals surface area contributed by atoms with E-state index in [4.69, 9.17) is 16.7 Å². The third kappa shape index (κ3) is 5.67. The lowest BCUT2D eigenvalue weighted by atomic mass is 10.1. The van der Waals surface area contributed by atoms with Crippen LogP contribution in [0.25, 0.3) is 11.3 Å². The number of thiazole rings is 1. The molecule has 0 aliphatic carbocycles. The van der Waals surface area contributed by atoms with Crippen LogP contribution in [0.3, 0.4) is 0 Å². The van der Waals surface area contributed by atoms with Crippen LogP contribution in [0.1, 0.15) is 34.2 Å². The highest BCUT2D eigenvalue weighted by Crippen LogP contribution is 2.24. The van der Waals surface area contributed by atoms with Crippen molar-refractivity contribution in [2.45, 2.75) is 32.0 Å². The molecule has 0 aliphatic rings. The van der Waals surface area contributed by atoms with Crippen LogP contribution >= 0.6 is 22.9 Å². The van der Waals surface area contributed by atoms with Gasteiger partial charge in [-0.2, -0.15) is 13.2 Å². The Bertz CT molecular complexity index is 1110. The molecule has 1 N–H and O–H groups in total. The average molecular weight is 458 g/mol. The Balaban J connectivity index is 1.97. The van der Waals surface area contributed by atoms with Crippen LogP contribution in [0.2, 0.25) is 5.02 Å². The van der Waals surface area contributed by atoms with Crippen molar-refractivity contribution in [3.8, 4) is 11.3 Å². The van der Waals surface area contributed by atoms with E-state index in [2.05, 4.69) is 9.97 Å². The van der Waals surface area contributed by atoms with Gasteiger partial charge in [0.25, 0.3) is 5.56 Å². The van der Waals surface area contributed by atoms with Gasteiger partial charge in [-0.3, -0.25) is 9.36 Å². The number of benzene rings is 1. The molecule has 1 aromatic carbocycles. The highest BCUT2D eigenvalue weighted by Gasteiger charge is 2.26. The van der Waals surface area contributed by atoms with Crippen LogP contribution in [0, 0.1) is 0 Å². The van der Waals surface area contributed by atoms with Crippen LogP contribution < -0.4 is 5.56 Å². The van der Waals surface area contributed by atoms with Crippen LogP contribution in [-0.4, -0.2) is 31.8 Å². The smallest absolute Gasteiger partial charge is 0.389 e. The Hall–Kier alpha value is -2.72. The van der Waals surface area contributed by atoms with E-state index in [1.165, 1.54) is 16.0 Å². The van der Waals surface area contributed by atoms with E-state index in [1.54, 1.807) is 24.3 Å². The quantitative estimate of drug-likeness (QED) is 0.558. The maximum atomic E-state index is 12.7. The van der Waals surface area contributed by atoms with Crippen molar-refractivity contribution in [2.75, 3.05) is 0 Å². The van der Waals surface area contributed by atoms with E-state index < -0.39 is 24.1 Å². The maximum Gasteiger partial charge on any atom is 0.389 e. The zero-order valence-electron chi connectivity index (χ0n) is 15.3. The van der Waals surface area contributed by atoms with Crippen molar-refractivity contribution < 1.29 is 23.1 Å². The summed E-state index contributed by atoms with van der Waals surface area (Å²) in [6.45, 7) is -0.0855. The van der Waals surface area contributed by atoms with Crippen molar-refractivity contribution in [3.05, 3.63) is 67.6 Å². The van der Waals surface area contributed by atoms with Gasteiger partial charge in [-0.15, -0.1) is 11.3 Å². The number of nitrogens with zero attached hydrogens (tertiary/aromatic N) is 3. The summed E-state index contributed by atoms with van der Waals surface area (Å²) in [5.41, 5.74) is 0.765. The largest absolute Gasteiger partial charge is 0.476 e. The second-order valence-electron chi connectivity index (χ2n) is 6.41. The molecule has 0 spiro atoms. The Kier molecular flexibility index (Phi) is 6.57. The summed E-state index contributed by atoms with van der Waals surface area (Å²) in [5, 5.41) is 10.8. The van der Waals surface area contributed by atoms with E-state index in [9.17, 15) is 22.8 Å². The fraction of sp³-hybridized carbons (Fsp3) is 0.263. The van der Waals surface area contributed by atoms with Crippen LogP contribution in [0.5, 0.6) is 0 Å². The molecule has 0 aliphatic heterocycles. The molecule has 3 rings (SSSR count). The second kappa shape index (κ2) is 8.97. The molecular formula is C19H15ClF3N3O3S. The van der Waals surface area contributed by atoms with E-state index in [1.807, 2.05) is 0 Å². The number of halogens is 4. The first-order valence-corrected chi connectivity index (χ1v) is 9.99. The minimum atomic E-state index is -4.32. The fourth-order valence-electron chi connectivity index (χ4n) is 2.77. The first-order chi connectivity index (χ1) is 14.1. The van der Waals surface area contributed by atoms with Gasteiger partial charge in [0.2, 0.25) is 5.01 Å². The summed E-state index contributed by atoms with van der Waals surface area (Å²) in [6.07, 6.45) is -5.64. The van der Waals surface area contributed by atoms with Gasteiger partial charge >= 0.3 is 12.1 Å². The van der Waals surface area contributed by atoms with Crippen molar-refractivity contribution in [1.29, 1.82) is 0 Å². The minimum Gasteiger partial charge on any atom is -0.476 e. The number of carboxylic acids is 1. The number of aromatic carboxylic acids is 1. The number of hydrogen-bond donors (Lipinski definition) is 1. The molecule has 0 atom stereocenters. The summed E-state index contributed by atoms with van der Waals surface area (Å²) >= 11 is 6.78. The van der Waals surface area contributed by atoms with Gasteiger partial charge in [0.15, 0.2) is 0 Å². The predicted molar refractivity (Wildman–Crippen MR) is 106 cm³/mol. The molecule has 11 heteroatoms. The highest BCUT2D eigenvalue weighted by atomic mass is 35.5. The monoisotopic (exact) mass is 457 g/mol. The first kappa shape index (κ1) is 22.0. The van der Waals surface area contributed by atoms with Crippen LogP contribution in [0.4, 0.5) is 13.2 Å². The molecule has 158 valence electrons. The molecule has 2 heterocycles. The van der Waals surface area contributed by atoms with E-state index in [0.717, 1.165) is 11.3 Å². The lowest BCUT2D eigenvalue weighted by Gasteiger charge is -2.13. The number of carbonyl (C=O) groups is 1. The predicted octanol–water partition coefficient (Wildman–Crippen LogP) is 4.65. The minimum absolute atomic E-state index is 0.0773. The topological polar surface area (TPSA) is 85.1 Å². The van der Waals surface area contributed by atoms with Gasteiger partial charge < -0.3 is 5.11 Å². The van der Waals surface area contributed by atoms with E-state index in [0.29, 0.717) is 22.0 Å². The molecular weight excluding hydrogens is 443 g/mol. The molecule has 3 aromatic rings. The van der Waals surface area contributed by atoms with Crippen molar-refractivity contribution >= 4 is 28.9 Å². The average Bonchev–Trinajstić information content (AvgIpc) is 3.13. The van der Waals surface area contributed by atoms with Crippen molar-refractivity contribution in [1.82, 2.24) is 14.5 Å². The Labute approximate surface area is 177 Å². The van der Waals surface area contributed by atoms with Gasteiger partial charge in [-0.1, -0.05) is 23.7 Å². The van der Waals surface area contributed by atoms with Gasteiger partial charge in [0.05, 0.1) is 17.9 Å². The Morgan fingerprint density at radius 1 is 1.20 bits per heavy atom. The van der Waals surface area contributed by atoms with Gasteiger partial charge in [0, 0.05) is 34.9 Å². The summed E-state index contributed by atoms with van der Waals surface area (Å²) < 4.78 is 39.0. The third-order valence-electron chi connectivity index (χ3n) is 4.14. The summed E-state index contributed by atoms with van der Waals surface area (Å²) in [6, 6.07) is 7.84. The molecule has 0 saturated carbocycles. The highest BCUT2D eigenvalue weighted by molar-refractivity contribution is 7.11. The molecule has 0 radical (unpaired) electrons. The third-order valence-corrected chi connectivity index (χ3v) is 5.27. The Morgan fingerprint density at radius 2 is 1.90 bits per heavy atom. The summed E-state index contributed by atoms with van der Waals surface area (Å²) in [4.78, 5) is 32.1. The van der Waals surface area contributed by atoms with E-state index >= 15 is 0 Å². The number of rotatable bonds is 7. The molecule has 0 saturated heterocycles. The second-order valence-corrected chi connectivity index (χ2v) is 7.70. The van der Waals surface area contributed by atoms with Crippen LogP contribution in [-0.2, 0) is 13.0 Å². The van der Waals surface area contributed by atoms with E-state index in [-0.39, 0.29) is 30.2 Å².